The van der Waals surface area contributed by atoms with Crippen LogP contribution < -0.4 is 17.0 Å². The van der Waals surface area contributed by atoms with Gasteiger partial charge < -0.3 is 5.73 Å². The molecular weight excluding hydrogens is 202 g/mol. The van der Waals surface area contributed by atoms with E-state index in [4.69, 9.17) is 11.6 Å². The first kappa shape index (κ1) is 10.7. The molecule has 1 aromatic heterocycles. The summed E-state index contributed by atoms with van der Waals surface area (Å²) in [5.41, 5.74) is 10.6. The Labute approximate surface area is 94.0 Å². The fourth-order valence-corrected chi connectivity index (χ4v) is 1.70. The fourth-order valence-electron chi connectivity index (χ4n) is 1.70. The van der Waals surface area contributed by atoms with Gasteiger partial charge in [-0.2, -0.15) is 5.10 Å². The van der Waals surface area contributed by atoms with Gasteiger partial charge in [0.25, 0.3) is 0 Å². The average Bonchev–Trinajstić information content (AvgIpc) is 2.64. The number of nitrogens with zero attached hydrogens (tertiary/aromatic N) is 2. The molecule has 0 radical (unpaired) electrons. The van der Waals surface area contributed by atoms with E-state index >= 15 is 0 Å². The van der Waals surface area contributed by atoms with Crippen LogP contribution in [0, 0.1) is 0 Å². The third kappa shape index (κ3) is 1.78. The van der Waals surface area contributed by atoms with E-state index in [-0.39, 0.29) is 6.04 Å². The van der Waals surface area contributed by atoms with Crippen molar-refractivity contribution in [2.75, 3.05) is 5.73 Å². The standard InChI is InChI=1S/C11H15N5/c1-16-11(12)9(7-14-16)10(15-13)8-5-3-2-4-6-8/h2-7,10,15H,12-13H2,1H3. The van der Waals surface area contributed by atoms with Gasteiger partial charge in [0.15, 0.2) is 0 Å². The minimum atomic E-state index is -0.130. The van der Waals surface area contributed by atoms with Crippen LogP contribution in [0.1, 0.15) is 17.2 Å². The summed E-state index contributed by atoms with van der Waals surface area (Å²) >= 11 is 0. The summed E-state index contributed by atoms with van der Waals surface area (Å²) in [6.45, 7) is 0. The van der Waals surface area contributed by atoms with Crippen LogP contribution in [0.15, 0.2) is 36.5 Å². The van der Waals surface area contributed by atoms with Crippen molar-refractivity contribution < 1.29 is 0 Å². The zero-order chi connectivity index (χ0) is 11.5. The number of rotatable bonds is 3. The summed E-state index contributed by atoms with van der Waals surface area (Å²) in [6.07, 6.45) is 1.73. The molecular formula is C11H15N5. The summed E-state index contributed by atoms with van der Waals surface area (Å²) in [6, 6.07) is 9.76. The quantitative estimate of drug-likeness (QED) is 0.518. The molecule has 5 nitrogen and oxygen atoms in total. The van der Waals surface area contributed by atoms with Crippen molar-refractivity contribution in [3.05, 3.63) is 47.7 Å². The molecule has 1 aromatic carbocycles. The summed E-state index contributed by atoms with van der Waals surface area (Å²) in [5, 5.41) is 4.11. The molecule has 84 valence electrons. The van der Waals surface area contributed by atoms with Gasteiger partial charge in [-0.05, 0) is 5.56 Å². The molecule has 1 heterocycles. The third-order valence-electron chi connectivity index (χ3n) is 2.63. The SMILES string of the molecule is Cn1ncc(C(NN)c2ccccc2)c1N. The highest BCUT2D eigenvalue weighted by Gasteiger charge is 2.17. The molecule has 0 aliphatic heterocycles. The molecule has 0 spiro atoms. The molecule has 5 N–H and O–H groups in total. The van der Waals surface area contributed by atoms with Crippen molar-refractivity contribution in [1.82, 2.24) is 15.2 Å². The molecule has 16 heavy (non-hydrogen) atoms. The summed E-state index contributed by atoms with van der Waals surface area (Å²) in [7, 11) is 1.80. The number of nitrogens with two attached hydrogens (primary N) is 2. The highest BCUT2D eigenvalue weighted by atomic mass is 15.3. The lowest BCUT2D eigenvalue weighted by molar-refractivity contribution is 0.638. The highest BCUT2D eigenvalue weighted by Crippen LogP contribution is 2.25. The number of aromatic nitrogens is 2. The number of hydrogen-bond acceptors (Lipinski definition) is 4. The molecule has 5 heteroatoms. The highest BCUT2D eigenvalue weighted by molar-refractivity contribution is 5.45. The van der Waals surface area contributed by atoms with E-state index in [1.54, 1.807) is 17.9 Å². The van der Waals surface area contributed by atoms with Crippen LogP contribution in [0.5, 0.6) is 0 Å². The van der Waals surface area contributed by atoms with Gasteiger partial charge in [0, 0.05) is 12.6 Å². The molecule has 0 bridgehead atoms. The Morgan fingerprint density at radius 3 is 2.50 bits per heavy atom. The van der Waals surface area contributed by atoms with E-state index in [0.29, 0.717) is 5.82 Å². The Balaban J connectivity index is 2.41. The topological polar surface area (TPSA) is 81.9 Å². The Kier molecular flexibility index (Phi) is 2.89. The largest absolute Gasteiger partial charge is 0.384 e. The second-order valence-corrected chi connectivity index (χ2v) is 3.62. The van der Waals surface area contributed by atoms with Crippen molar-refractivity contribution in [1.29, 1.82) is 0 Å². The van der Waals surface area contributed by atoms with E-state index in [1.165, 1.54) is 0 Å². The number of nitrogens with one attached hydrogen (secondary N) is 1. The second-order valence-electron chi connectivity index (χ2n) is 3.62. The maximum Gasteiger partial charge on any atom is 0.126 e. The minimum absolute atomic E-state index is 0.130. The Bertz CT molecular complexity index is 462. The molecule has 2 aromatic rings. The van der Waals surface area contributed by atoms with E-state index < -0.39 is 0 Å². The van der Waals surface area contributed by atoms with Crippen LogP contribution in [-0.4, -0.2) is 9.78 Å². The first-order chi connectivity index (χ1) is 7.74. The predicted octanol–water partition coefficient (Wildman–Crippen LogP) is 0.555. The van der Waals surface area contributed by atoms with Gasteiger partial charge in [0.05, 0.1) is 12.2 Å². The zero-order valence-electron chi connectivity index (χ0n) is 9.09. The normalized spacial score (nSPS) is 12.6. The molecule has 0 aliphatic carbocycles. The molecule has 1 unspecified atom stereocenters. The van der Waals surface area contributed by atoms with Crippen molar-refractivity contribution >= 4 is 5.82 Å². The molecule has 0 saturated heterocycles. The van der Waals surface area contributed by atoms with Crippen LogP contribution in [-0.2, 0) is 7.05 Å². The number of benzene rings is 1. The van der Waals surface area contributed by atoms with Crippen molar-refractivity contribution in [2.45, 2.75) is 6.04 Å². The lowest BCUT2D eigenvalue weighted by Gasteiger charge is -2.15. The van der Waals surface area contributed by atoms with Crippen molar-refractivity contribution in [3.8, 4) is 0 Å². The predicted molar refractivity (Wildman–Crippen MR) is 63.2 cm³/mol. The van der Waals surface area contributed by atoms with Gasteiger partial charge >= 0.3 is 0 Å². The van der Waals surface area contributed by atoms with Gasteiger partial charge in [-0.1, -0.05) is 30.3 Å². The first-order valence-electron chi connectivity index (χ1n) is 5.02. The summed E-state index contributed by atoms with van der Waals surface area (Å²) < 4.78 is 1.63. The lowest BCUT2D eigenvalue weighted by Crippen LogP contribution is -2.29. The second kappa shape index (κ2) is 4.34. The Morgan fingerprint density at radius 1 is 1.31 bits per heavy atom. The van der Waals surface area contributed by atoms with Crippen LogP contribution in [0.3, 0.4) is 0 Å². The molecule has 2 rings (SSSR count). The van der Waals surface area contributed by atoms with E-state index in [0.717, 1.165) is 11.1 Å². The van der Waals surface area contributed by atoms with E-state index in [2.05, 4.69) is 10.5 Å². The third-order valence-corrected chi connectivity index (χ3v) is 2.63. The number of nitrogen functional groups attached to an aromatic ring is 1. The number of anilines is 1. The maximum absolute atomic E-state index is 5.92. The molecule has 0 amide bonds. The summed E-state index contributed by atoms with van der Waals surface area (Å²) in [5.74, 6) is 6.19. The van der Waals surface area contributed by atoms with Gasteiger partial charge in [-0.3, -0.25) is 10.5 Å². The monoisotopic (exact) mass is 217 g/mol. The lowest BCUT2D eigenvalue weighted by atomic mass is 10.0. The molecule has 0 fully saturated rings. The minimum Gasteiger partial charge on any atom is -0.384 e. The van der Waals surface area contributed by atoms with Gasteiger partial charge in [0.1, 0.15) is 5.82 Å². The van der Waals surface area contributed by atoms with Gasteiger partial charge in [0.2, 0.25) is 0 Å². The van der Waals surface area contributed by atoms with Gasteiger partial charge in [-0.15, -0.1) is 0 Å². The van der Waals surface area contributed by atoms with E-state index in [9.17, 15) is 0 Å². The molecule has 1 atom stereocenters. The maximum atomic E-state index is 5.92. The van der Waals surface area contributed by atoms with Crippen molar-refractivity contribution in [2.24, 2.45) is 12.9 Å². The van der Waals surface area contributed by atoms with Crippen LogP contribution in [0.2, 0.25) is 0 Å². The Morgan fingerprint density at radius 2 is 2.00 bits per heavy atom. The number of hydrazine groups is 1. The van der Waals surface area contributed by atoms with Crippen molar-refractivity contribution in [3.63, 3.8) is 0 Å². The van der Waals surface area contributed by atoms with Crippen LogP contribution in [0.25, 0.3) is 0 Å². The average molecular weight is 217 g/mol. The first-order valence-corrected chi connectivity index (χ1v) is 5.02. The summed E-state index contributed by atoms with van der Waals surface area (Å²) in [4.78, 5) is 0. The molecule has 0 saturated carbocycles. The smallest absolute Gasteiger partial charge is 0.126 e. The number of hydrogen-bond donors (Lipinski definition) is 3. The number of aryl methyl sites for hydroxylation is 1. The van der Waals surface area contributed by atoms with Crippen LogP contribution >= 0.6 is 0 Å². The fraction of sp³-hybridized carbons (Fsp3) is 0.182. The zero-order valence-corrected chi connectivity index (χ0v) is 9.09. The Hall–Kier alpha value is -1.85. The van der Waals surface area contributed by atoms with Gasteiger partial charge in [-0.25, -0.2) is 5.43 Å². The van der Waals surface area contributed by atoms with E-state index in [1.807, 2.05) is 30.3 Å². The molecule has 0 aliphatic rings. The van der Waals surface area contributed by atoms with Crippen LogP contribution in [0.4, 0.5) is 5.82 Å².